The molecule has 0 amide bonds. The fourth-order valence-electron chi connectivity index (χ4n) is 1.15. The van der Waals surface area contributed by atoms with Gasteiger partial charge in [-0.1, -0.05) is 0 Å². The van der Waals surface area contributed by atoms with Crippen LogP contribution in [0.5, 0.6) is 0 Å². The van der Waals surface area contributed by atoms with Crippen molar-refractivity contribution in [2.75, 3.05) is 5.75 Å². The van der Waals surface area contributed by atoms with Gasteiger partial charge in [-0.25, -0.2) is 13.4 Å². The topological polar surface area (TPSA) is 69.0 Å². The lowest BCUT2D eigenvalue weighted by atomic mass is 10.3. The number of sulfone groups is 1. The molecule has 0 saturated heterocycles. The summed E-state index contributed by atoms with van der Waals surface area (Å²) in [5.74, 6) is 0.261. The van der Waals surface area contributed by atoms with E-state index >= 15 is 0 Å². The van der Waals surface area contributed by atoms with E-state index in [2.05, 4.69) is 4.98 Å². The van der Waals surface area contributed by atoms with Gasteiger partial charge in [0.1, 0.15) is 0 Å². The second kappa shape index (κ2) is 4.37. The van der Waals surface area contributed by atoms with Crippen LogP contribution in [0.4, 0.5) is 0 Å². The van der Waals surface area contributed by atoms with Crippen molar-refractivity contribution in [3.05, 3.63) is 18.2 Å². The first kappa shape index (κ1) is 12.9. The summed E-state index contributed by atoms with van der Waals surface area (Å²) in [6.45, 7) is 5.25. The molecule has 0 atom stereocenters. The number of imidazole rings is 1. The first-order valence-electron chi connectivity index (χ1n) is 4.96. The van der Waals surface area contributed by atoms with Crippen molar-refractivity contribution < 1.29 is 13.2 Å². The predicted octanol–water partition coefficient (Wildman–Crippen LogP) is 0.909. The monoisotopic (exact) mass is 244 g/mol. The Morgan fingerprint density at radius 3 is 2.56 bits per heavy atom. The summed E-state index contributed by atoms with van der Waals surface area (Å²) in [6, 6.07) is 0. The molecule has 0 spiro atoms. The maximum atomic E-state index is 11.8. The zero-order chi connectivity index (χ0) is 12.4. The summed E-state index contributed by atoms with van der Waals surface area (Å²) >= 11 is 0. The largest absolute Gasteiger partial charge is 0.328 e. The van der Waals surface area contributed by atoms with E-state index in [9.17, 15) is 13.2 Å². The molecule has 0 fully saturated rings. The van der Waals surface area contributed by atoms with Gasteiger partial charge in [0.25, 0.3) is 0 Å². The van der Waals surface area contributed by atoms with Crippen molar-refractivity contribution in [3.8, 4) is 0 Å². The lowest BCUT2D eigenvalue weighted by molar-refractivity contribution is 0.111. The first-order valence-corrected chi connectivity index (χ1v) is 6.62. The summed E-state index contributed by atoms with van der Waals surface area (Å²) in [6.07, 6.45) is 3.69. The van der Waals surface area contributed by atoms with Gasteiger partial charge in [0.05, 0.1) is 10.5 Å². The first-order chi connectivity index (χ1) is 7.28. The van der Waals surface area contributed by atoms with Crippen LogP contribution in [0.2, 0.25) is 0 Å². The maximum absolute atomic E-state index is 11.8. The lowest BCUT2D eigenvalue weighted by Gasteiger charge is -2.19. The van der Waals surface area contributed by atoms with Crippen molar-refractivity contribution in [2.45, 2.75) is 32.1 Å². The van der Waals surface area contributed by atoms with Crippen LogP contribution in [0, 0.1) is 0 Å². The number of carbonyl (C=O) groups is 1. The molecular formula is C10H16N2O3S. The van der Waals surface area contributed by atoms with Gasteiger partial charge in [0, 0.05) is 18.9 Å². The SMILES string of the molecule is CC(C)(C)S(=O)(=O)CCn1ccnc1C=O. The zero-order valence-electron chi connectivity index (χ0n) is 9.67. The highest BCUT2D eigenvalue weighted by molar-refractivity contribution is 7.92. The van der Waals surface area contributed by atoms with Crippen LogP contribution in [-0.2, 0) is 16.4 Å². The quantitative estimate of drug-likeness (QED) is 0.738. The van der Waals surface area contributed by atoms with Gasteiger partial charge in [0.15, 0.2) is 21.9 Å². The highest BCUT2D eigenvalue weighted by Gasteiger charge is 2.28. The molecule has 0 radical (unpaired) electrons. The Bertz CT molecular complexity index is 468. The second-order valence-corrected chi connectivity index (χ2v) is 7.39. The van der Waals surface area contributed by atoms with E-state index in [1.54, 1.807) is 27.0 Å². The Labute approximate surface area is 95.4 Å². The Morgan fingerprint density at radius 2 is 2.06 bits per heavy atom. The van der Waals surface area contributed by atoms with E-state index < -0.39 is 14.6 Å². The minimum atomic E-state index is -3.16. The average molecular weight is 244 g/mol. The van der Waals surface area contributed by atoms with Crippen LogP contribution in [0.1, 0.15) is 31.4 Å². The van der Waals surface area contributed by atoms with Crippen LogP contribution < -0.4 is 0 Å². The molecule has 0 aromatic carbocycles. The van der Waals surface area contributed by atoms with Gasteiger partial charge in [-0.3, -0.25) is 4.79 Å². The highest BCUT2D eigenvalue weighted by atomic mass is 32.2. The van der Waals surface area contributed by atoms with E-state index in [0.29, 0.717) is 6.29 Å². The highest BCUT2D eigenvalue weighted by Crippen LogP contribution is 2.16. The molecule has 16 heavy (non-hydrogen) atoms. The van der Waals surface area contributed by atoms with Crippen molar-refractivity contribution in [1.82, 2.24) is 9.55 Å². The Balaban J connectivity index is 2.77. The third-order valence-electron chi connectivity index (χ3n) is 2.39. The summed E-state index contributed by atoms with van der Waals surface area (Å²) < 4.78 is 24.4. The van der Waals surface area contributed by atoms with Crippen LogP contribution in [-0.4, -0.2) is 34.8 Å². The Morgan fingerprint density at radius 1 is 1.44 bits per heavy atom. The summed E-state index contributed by atoms with van der Waals surface area (Å²) in [7, 11) is -3.16. The van der Waals surface area contributed by atoms with Crippen molar-refractivity contribution in [1.29, 1.82) is 0 Å². The second-order valence-electron chi connectivity index (χ2n) is 4.53. The van der Waals surface area contributed by atoms with Gasteiger partial charge in [-0.05, 0) is 20.8 Å². The number of hydrogen-bond acceptors (Lipinski definition) is 4. The summed E-state index contributed by atoms with van der Waals surface area (Å²) in [4.78, 5) is 14.4. The van der Waals surface area contributed by atoms with E-state index in [0.717, 1.165) is 0 Å². The molecule has 5 nitrogen and oxygen atoms in total. The summed E-state index contributed by atoms with van der Waals surface area (Å²) in [5, 5.41) is 0. The van der Waals surface area contributed by atoms with Crippen LogP contribution in [0.3, 0.4) is 0 Å². The normalized spacial score (nSPS) is 12.7. The fraction of sp³-hybridized carbons (Fsp3) is 0.600. The van der Waals surface area contributed by atoms with Gasteiger partial charge in [-0.15, -0.1) is 0 Å². The molecule has 1 aromatic heterocycles. The lowest BCUT2D eigenvalue weighted by Crippen LogP contribution is -2.32. The van der Waals surface area contributed by atoms with E-state index in [-0.39, 0.29) is 18.1 Å². The molecule has 1 heterocycles. The molecule has 0 saturated carbocycles. The molecule has 0 N–H and O–H groups in total. The summed E-state index contributed by atoms with van der Waals surface area (Å²) in [5.41, 5.74) is 0. The Hall–Kier alpha value is -1.17. The van der Waals surface area contributed by atoms with Crippen LogP contribution in [0.25, 0.3) is 0 Å². The number of carbonyl (C=O) groups excluding carboxylic acids is 1. The minimum absolute atomic E-state index is 0.00764. The molecular weight excluding hydrogens is 228 g/mol. The van der Waals surface area contributed by atoms with Gasteiger partial charge >= 0.3 is 0 Å². The number of aldehydes is 1. The smallest absolute Gasteiger partial charge is 0.185 e. The molecule has 1 aromatic rings. The standard InChI is InChI=1S/C10H16N2O3S/c1-10(2,3)16(14,15)7-6-12-5-4-11-9(12)8-13/h4-5,8H,6-7H2,1-3H3. The Kier molecular flexibility index (Phi) is 3.52. The van der Waals surface area contributed by atoms with Gasteiger partial charge in [-0.2, -0.15) is 0 Å². The van der Waals surface area contributed by atoms with E-state index in [1.807, 2.05) is 0 Å². The van der Waals surface area contributed by atoms with Crippen molar-refractivity contribution in [3.63, 3.8) is 0 Å². The zero-order valence-corrected chi connectivity index (χ0v) is 10.5. The predicted molar refractivity (Wildman–Crippen MR) is 61.2 cm³/mol. The van der Waals surface area contributed by atoms with Gasteiger partial charge in [0.2, 0.25) is 0 Å². The third kappa shape index (κ3) is 2.69. The molecule has 0 unspecified atom stereocenters. The van der Waals surface area contributed by atoms with E-state index in [4.69, 9.17) is 0 Å². The molecule has 0 aliphatic heterocycles. The molecule has 1 rings (SSSR count). The molecule has 0 aliphatic carbocycles. The van der Waals surface area contributed by atoms with Crippen molar-refractivity contribution in [2.24, 2.45) is 0 Å². The molecule has 90 valence electrons. The van der Waals surface area contributed by atoms with Crippen LogP contribution >= 0.6 is 0 Å². The number of rotatable bonds is 4. The van der Waals surface area contributed by atoms with Gasteiger partial charge < -0.3 is 4.57 Å². The van der Waals surface area contributed by atoms with Crippen molar-refractivity contribution >= 4 is 16.1 Å². The van der Waals surface area contributed by atoms with E-state index in [1.165, 1.54) is 10.8 Å². The minimum Gasteiger partial charge on any atom is -0.328 e. The number of hydrogen-bond donors (Lipinski definition) is 0. The molecule has 0 aliphatic rings. The molecule has 6 heteroatoms. The maximum Gasteiger partial charge on any atom is 0.185 e. The van der Waals surface area contributed by atoms with Crippen LogP contribution in [0.15, 0.2) is 12.4 Å². The number of aromatic nitrogens is 2. The number of aryl methyl sites for hydroxylation is 1. The number of nitrogens with zero attached hydrogens (tertiary/aromatic N) is 2. The fourth-order valence-corrected chi connectivity index (χ4v) is 2.20. The third-order valence-corrected chi connectivity index (χ3v) is 4.97. The molecule has 0 bridgehead atoms. The average Bonchev–Trinajstić information content (AvgIpc) is 2.60.